The Balaban J connectivity index is 2.77. The van der Waals surface area contributed by atoms with E-state index in [-0.39, 0.29) is 5.56 Å². The molecule has 0 aliphatic carbocycles. The monoisotopic (exact) mass is 177 g/mol. The first-order chi connectivity index (χ1) is 6.18. The smallest absolute Gasteiger partial charge is 0.258 e. The molecule has 4 heteroatoms. The number of nitrogens with zero attached hydrogens (tertiary/aromatic N) is 1. The molecule has 0 aliphatic rings. The molecular weight excluding hydrogens is 166 g/mol. The van der Waals surface area contributed by atoms with E-state index in [0.717, 1.165) is 11.3 Å². The number of hydrogen-bond acceptors (Lipinski definition) is 2. The van der Waals surface area contributed by atoms with Crippen LogP contribution in [0.25, 0.3) is 10.9 Å². The summed E-state index contributed by atoms with van der Waals surface area (Å²) in [6, 6.07) is 3.68. The number of pyridine rings is 1. The van der Waals surface area contributed by atoms with Crippen molar-refractivity contribution >= 4 is 16.7 Å². The number of aromatic nitrogens is 2. The van der Waals surface area contributed by atoms with Crippen molar-refractivity contribution in [1.82, 2.24) is 9.97 Å². The van der Waals surface area contributed by atoms with Crippen LogP contribution in [0, 0.1) is 0 Å². The van der Waals surface area contributed by atoms with Gasteiger partial charge in [-0.05, 0) is 6.07 Å². The molecule has 0 amide bonds. The highest BCUT2D eigenvalue weighted by Gasteiger charge is 2.02. The number of rotatable bonds is 1. The van der Waals surface area contributed by atoms with Gasteiger partial charge in [0.05, 0.1) is 10.9 Å². The van der Waals surface area contributed by atoms with Crippen molar-refractivity contribution in [3.8, 4) is 0 Å². The van der Waals surface area contributed by atoms with E-state index >= 15 is 0 Å². The molecule has 2 heterocycles. The van der Waals surface area contributed by atoms with Crippen LogP contribution in [-0.4, -0.2) is 24.1 Å². The second-order valence-corrected chi connectivity index (χ2v) is 3.18. The van der Waals surface area contributed by atoms with E-state index in [1.807, 2.05) is 25.1 Å². The first-order valence-corrected chi connectivity index (χ1v) is 4.06. The molecular formula is C9H11N3O. The number of hydrogen-bond donors (Lipinski definition) is 2. The maximum absolute atomic E-state index is 11.5. The molecule has 2 aromatic heterocycles. The Labute approximate surface area is 75.2 Å². The SMILES string of the molecule is CN(C)c1cc2[nH]ccc2c(=O)[nH]1. The maximum atomic E-state index is 11.5. The van der Waals surface area contributed by atoms with E-state index in [4.69, 9.17) is 0 Å². The Morgan fingerprint density at radius 1 is 1.38 bits per heavy atom. The fraction of sp³-hybridized carbons (Fsp3) is 0.222. The molecule has 2 rings (SSSR count). The summed E-state index contributed by atoms with van der Waals surface area (Å²) in [4.78, 5) is 19.1. The second-order valence-electron chi connectivity index (χ2n) is 3.18. The second kappa shape index (κ2) is 2.65. The lowest BCUT2D eigenvalue weighted by Crippen LogP contribution is -2.16. The van der Waals surface area contributed by atoms with Crippen LogP contribution in [0.2, 0.25) is 0 Å². The Morgan fingerprint density at radius 2 is 2.15 bits per heavy atom. The van der Waals surface area contributed by atoms with Crippen LogP contribution >= 0.6 is 0 Å². The van der Waals surface area contributed by atoms with Gasteiger partial charge in [0.25, 0.3) is 5.56 Å². The first kappa shape index (κ1) is 7.91. The third kappa shape index (κ3) is 1.20. The summed E-state index contributed by atoms with van der Waals surface area (Å²) in [5.74, 6) is 0.806. The minimum Gasteiger partial charge on any atom is -0.364 e. The zero-order chi connectivity index (χ0) is 9.42. The standard InChI is InChI=1S/C9H11N3O/c1-12(2)8-5-7-6(3-4-10-7)9(13)11-8/h3-5,10H,1-2H3,(H,11,13). The van der Waals surface area contributed by atoms with Crippen LogP contribution in [0.1, 0.15) is 0 Å². The number of fused-ring (bicyclic) bond motifs is 1. The highest BCUT2D eigenvalue weighted by Crippen LogP contribution is 2.12. The molecule has 4 nitrogen and oxygen atoms in total. The average molecular weight is 177 g/mol. The normalized spacial score (nSPS) is 10.6. The molecule has 0 saturated carbocycles. The van der Waals surface area contributed by atoms with Crippen molar-refractivity contribution in [2.24, 2.45) is 0 Å². The van der Waals surface area contributed by atoms with Crippen LogP contribution in [0.15, 0.2) is 23.1 Å². The zero-order valence-electron chi connectivity index (χ0n) is 7.59. The van der Waals surface area contributed by atoms with Crippen molar-refractivity contribution in [1.29, 1.82) is 0 Å². The average Bonchev–Trinajstić information content (AvgIpc) is 2.51. The molecule has 0 aliphatic heterocycles. The minimum absolute atomic E-state index is 0.0533. The van der Waals surface area contributed by atoms with Crippen LogP contribution in [0.5, 0.6) is 0 Å². The molecule has 13 heavy (non-hydrogen) atoms. The van der Waals surface area contributed by atoms with Crippen molar-refractivity contribution < 1.29 is 0 Å². The Bertz CT molecular complexity index is 481. The zero-order valence-corrected chi connectivity index (χ0v) is 7.59. The lowest BCUT2D eigenvalue weighted by Gasteiger charge is -2.11. The highest BCUT2D eigenvalue weighted by molar-refractivity contribution is 5.80. The fourth-order valence-electron chi connectivity index (χ4n) is 1.30. The van der Waals surface area contributed by atoms with E-state index in [0.29, 0.717) is 5.39 Å². The third-order valence-corrected chi connectivity index (χ3v) is 2.03. The van der Waals surface area contributed by atoms with Gasteiger partial charge in [0.1, 0.15) is 5.82 Å². The van der Waals surface area contributed by atoms with E-state index in [9.17, 15) is 4.79 Å². The van der Waals surface area contributed by atoms with Gasteiger partial charge in [-0.25, -0.2) is 0 Å². The van der Waals surface area contributed by atoms with Gasteiger partial charge in [-0.1, -0.05) is 0 Å². The maximum Gasteiger partial charge on any atom is 0.258 e. The van der Waals surface area contributed by atoms with Crippen molar-refractivity contribution in [2.75, 3.05) is 19.0 Å². The van der Waals surface area contributed by atoms with Crippen molar-refractivity contribution in [2.45, 2.75) is 0 Å². The minimum atomic E-state index is -0.0533. The van der Waals surface area contributed by atoms with Crippen molar-refractivity contribution in [3.05, 3.63) is 28.7 Å². The van der Waals surface area contributed by atoms with E-state index < -0.39 is 0 Å². The fourth-order valence-corrected chi connectivity index (χ4v) is 1.30. The van der Waals surface area contributed by atoms with E-state index in [1.54, 1.807) is 12.3 Å². The third-order valence-electron chi connectivity index (χ3n) is 2.03. The molecule has 0 aromatic carbocycles. The summed E-state index contributed by atoms with van der Waals surface area (Å²) in [5, 5.41) is 0.700. The molecule has 0 radical (unpaired) electrons. The first-order valence-electron chi connectivity index (χ1n) is 4.06. The number of aromatic amines is 2. The molecule has 0 fully saturated rings. The van der Waals surface area contributed by atoms with Crippen LogP contribution in [0.4, 0.5) is 5.82 Å². The number of anilines is 1. The van der Waals surface area contributed by atoms with Gasteiger partial charge in [-0.2, -0.15) is 0 Å². The molecule has 0 saturated heterocycles. The summed E-state index contributed by atoms with van der Waals surface area (Å²) < 4.78 is 0. The summed E-state index contributed by atoms with van der Waals surface area (Å²) in [6.45, 7) is 0. The molecule has 0 atom stereocenters. The topological polar surface area (TPSA) is 51.9 Å². The molecule has 0 bridgehead atoms. The summed E-state index contributed by atoms with van der Waals surface area (Å²) in [7, 11) is 3.78. The van der Waals surface area contributed by atoms with Gasteiger partial charge in [0.2, 0.25) is 0 Å². The van der Waals surface area contributed by atoms with Crippen LogP contribution in [-0.2, 0) is 0 Å². The van der Waals surface area contributed by atoms with Gasteiger partial charge < -0.3 is 14.9 Å². The van der Waals surface area contributed by atoms with E-state index in [1.165, 1.54) is 0 Å². The summed E-state index contributed by atoms with van der Waals surface area (Å²) in [5.41, 5.74) is 0.815. The summed E-state index contributed by atoms with van der Waals surface area (Å²) in [6.07, 6.45) is 1.76. The molecule has 2 aromatic rings. The van der Waals surface area contributed by atoms with Crippen LogP contribution < -0.4 is 10.5 Å². The Kier molecular flexibility index (Phi) is 1.62. The molecule has 2 N–H and O–H groups in total. The molecule has 0 spiro atoms. The molecule has 68 valence electrons. The predicted molar refractivity (Wildman–Crippen MR) is 53.2 cm³/mol. The van der Waals surface area contributed by atoms with E-state index in [2.05, 4.69) is 9.97 Å². The van der Waals surface area contributed by atoms with Crippen molar-refractivity contribution in [3.63, 3.8) is 0 Å². The van der Waals surface area contributed by atoms with Gasteiger partial charge in [-0.15, -0.1) is 0 Å². The number of H-pyrrole nitrogens is 2. The van der Waals surface area contributed by atoms with Gasteiger partial charge >= 0.3 is 0 Å². The molecule has 0 unspecified atom stereocenters. The number of nitrogens with one attached hydrogen (secondary N) is 2. The predicted octanol–water partition coefficient (Wildman–Crippen LogP) is 0.922. The highest BCUT2D eigenvalue weighted by atomic mass is 16.1. The van der Waals surface area contributed by atoms with Gasteiger partial charge in [0.15, 0.2) is 0 Å². The van der Waals surface area contributed by atoms with Crippen LogP contribution in [0.3, 0.4) is 0 Å². The quantitative estimate of drug-likeness (QED) is 0.680. The lowest BCUT2D eigenvalue weighted by atomic mass is 10.3. The largest absolute Gasteiger partial charge is 0.364 e. The van der Waals surface area contributed by atoms with Gasteiger partial charge in [-0.3, -0.25) is 4.79 Å². The van der Waals surface area contributed by atoms with Gasteiger partial charge in [0, 0.05) is 26.4 Å². The lowest BCUT2D eigenvalue weighted by molar-refractivity contribution is 1.06. The Morgan fingerprint density at radius 3 is 2.85 bits per heavy atom. The Hall–Kier alpha value is -1.71. The summed E-state index contributed by atoms with van der Waals surface area (Å²) >= 11 is 0.